The largest absolute Gasteiger partial charge is 0.369 e. The van der Waals surface area contributed by atoms with Crippen molar-refractivity contribution in [3.05, 3.63) is 24.3 Å². The molecule has 8 nitrogen and oxygen atoms in total. The third-order valence-corrected chi connectivity index (χ3v) is 4.52. The number of benzene rings is 1. The van der Waals surface area contributed by atoms with Crippen LogP contribution in [0, 0.1) is 0 Å². The van der Waals surface area contributed by atoms with Crippen LogP contribution in [0.25, 0.3) is 11.4 Å². The van der Waals surface area contributed by atoms with Gasteiger partial charge in [-0.1, -0.05) is 0 Å². The standard InChI is InChI=1S/C16H21N7O/c24-15(17-13-3-4-13)11-22-7-9-23(10-8-22)14-5-1-12(2-6-14)16-18-20-21-19-16/h1-2,5-6,13H,3-4,7-11H2,(H,17,24)(H,18,19,20,21). The molecule has 1 saturated carbocycles. The summed E-state index contributed by atoms with van der Waals surface area (Å²) in [5.41, 5.74) is 2.13. The summed E-state index contributed by atoms with van der Waals surface area (Å²) in [7, 11) is 0. The lowest BCUT2D eigenvalue weighted by atomic mass is 10.1. The van der Waals surface area contributed by atoms with E-state index >= 15 is 0 Å². The topological polar surface area (TPSA) is 90.0 Å². The summed E-state index contributed by atoms with van der Waals surface area (Å²) in [6, 6.07) is 8.63. The highest BCUT2D eigenvalue weighted by Crippen LogP contribution is 2.21. The highest BCUT2D eigenvalue weighted by Gasteiger charge is 2.25. The van der Waals surface area contributed by atoms with Crippen molar-refractivity contribution < 1.29 is 4.79 Å². The molecular weight excluding hydrogens is 306 g/mol. The van der Waals surface area contributed by atoms with Crippen molar-refractivity contribution in [3.8, 4) is 11.4 Å². The molecular formula is C16H21N7O. The predicted octanol–water partition coefficient (Wildman–Crippen LogP) is 0.267. The number of aromatic amines is 1. The molecule has 2 aliphatic rings. The van der Waals surface area contributed by atoms with Crippen LogP contribution in [0.4, 0.5) is 5.69 Å². The Bertz CT molecular complexity index is 673. The third-order valence-electron chi connectivity index (χ3n) is 4.52. The predicted molar refractivity (Wildman–Crippen MR) is 89.4 cm³/mol. The van der Waals surface area contributed by atoms with Crippen molar-refractivity contribution in [2.75, 3.05) is 37.6 Å². The molecule has 0 spiro atoms. The van der Waals surface area contributed by atoms with Crippen molar-refractivity contribution in [1.82, 2.24) is 30.8 Å². The number of carbonyl (C=O) groups excluding carboxylic acids is 1. The summed E-state index contributed by atoms with van der Waals surface area (Å²) >= 11 is 0. The maximum atomic E-state index is 11.9. The summed E-state index contributed by atoms with van der Waals surface area (Å²) < 4.78 is 0. The van der Waals surface area contributed by atoms with E-state index in [9.17, 15) is 4.79 Å². The van der Waals surface area contributed by atoms with Gasteiger partial charge in [0.15, 0.2) is 0 Å². The number of amides is 1. The summed E-state index contributed by atoms with van der Waals surface area (Å²) in [4.78, 5) is 16.4. The first-order valence-electron chi connectivity index (χ1n) is 8.38. The lowest BCUT2D eigenvalue weighted by Crippen LogP contribution is -2.49. The van der Waals surface area contributed by atoms with Crippen molar-refractivity contribution in [1.29, 1.82) is 0 Å². The smallest absolute Gasteiger partial charge is 0.234 e. The van der Waals surface area contributed by atoms with Crippen molar-refractivity contribution >= 4 is 11.6 Å². The van der Waals surface area contributed by atoms with Crippen molar-refractivity contribution in [3.63, 3.8) is 0 Å². The van der Waals surface area contributed by atoms with E-state index in [0.717, 1.165) is 44.6 Å². The molecule has 0 radical (unpaired) electrons. The van der Waals surface area contributed by atoms with Gasteiger partial charge in [0.2, 0.25) is 11.7 Å². The molecule has 2 N–H and O–H groups in total. The highest BCUT2D eigenvalue weighted by atomic mass is 16.2. The van der Waals surface area contributed by atoms with E-state index in [0.29, 0.717) is 18.4 Å². The van der Waals surface area contributed by atoms with Gasteiger partial charge < -0.3 is 10.2 Å². The van der Waals surface area contributed by atoms with E-state index in [1.165, 1.54) is 5.69 Å². The van der Waals surface area contributed by atoms with Crippen LogP contribution in [0.5, 0.6) is 0 Å². The SMILES string of the molecule is O=C(CN1CCN(c2ccc(-c3nn[nH]n3)cc2)CC1)NC1CC1. The van der Waals surface area contributed by atoms with Gasteiger partial charge in [0.05, 0.1) is 6.54 Å². The molecule has 0 unspecified atom stereocenters. The zero-order chi connectivity index (χ0) is 16.4. The van der Waals surface area contributed by atoms with Crippen LogP contribution in [0.1, 0.15) is 12.8 Å². The molecule has 4 rings (SSSR count). The van der Waals surface area contributed by atoms with Gasteiger partial charge >= 0.3 is 0 Å². The number of nitrogens with one attached hydrogen (secondary N) is 2. The Morgan fingerprint density at radius 3 is 2.54 bits per heavy atom. The maximum absolute atomic E-state index is 11.9. The number of nitrogens with zero attached hydrogens (tertiary/aromatic N) is 5. The van der Waals surface area contributed by atoms with Gasteiger partial charge in [-0.25, -0.2) is 0 Å². The fraction of sp³-hybridized carbons (Fsp3) is 0.500. The van der Waals surface area contributed by atoms with E-state index in [2.05, 4.69) is 47.9 Å². The van der Waals surface area contributed by atoms with E-state index < -0.39 is 0 Å². The fourth-order valence-electron chi connectivity index (χ4n) is 2.97. The van der Waals surface area contributed by atoms with Crippen LogP contribution in [0.2, 0.25) is 0 Å². The molecule has 1 saturated heterocycles. The average Bonchev–Trinajstić information content (AvgIpc) is 3.25. The molecule has 0 bridgehead atoms. The quantitative estimate of drug-likeness (QED) is 0.819. The zero-order valence-electron chi connectivity index (χ0n) is 13.5. The molecule has 1 amide bonds. The normalized spacial score (nSPS) is 18.6. The number of carbonyl (C=O) groups is 1. The number of aromatic nitrogens is 4. The van der Waals surface area contributed by atoms with Crippen LogP contribution in [-0.4, -0.2) is 70.2 Å². The van der Waals surface area contributed by atoms with E-state index in [4.69, 9.17) is 0 Å². The van der Waals surface area contributed by atoms with Gasteiger partial charge in [-0.05, 0) is 42.3 Å². The van der Waals surface area contributed by atoms with E-state index in [1.54, 1.807) is 0 Å². The molecule has 1 aromatic heterocycles. The monoisotopic (exact) mass is 327 g/mol. The zero-order valence-corrected chi connectivity index (χ0v) is 13.5. The first-order chi connectivity index (χ1) is 11.8. The molecule has 2 aromatic rings. The molecule has 2 heterocycles. The second-order valence-electron chi connectivity index (χ2n) is 6.39. The molecule has 24 heavy (non-hydrogen) atoms. The minimum atomic E-state index is 0.162. The Balaban J connectivity index is 1.29. The second-order valence-corrected chi connectivity index (χ2v) is 6.39. The molecule has 1 aliphatic heterocycles. The Hall–Kier alpha value is -2.48. The molecule has 2 fully saturated rings. The van der Waals surface area contributed by atoms with Crippen LogP contribution in [0.15, 0.2) is 24.3 Å². The van der Waals surface area contributed by atoms with Crippen LogP contribution >= 0.6 is 0 Å². The van der Waals surface area contributed by atoms with Crippen LogP contribution in [0.3, 0.4) is 0 Å². The van der Waals surface area contributed by atoms with Crippen LogP contribution < -0.4 is 10.2 Å². The number of H-pyrrole nitrogens is 1. The Kier molecular flexibility index (Phi) is 4.12. The molecule has 126 valence electrons. The minimum Gasteiger partial charge on any atom is -0.369 e. The first-order valence-corrected chi connectivity index (χ1v) is 8.38. The lowest BCUT2D eigenvalue weighted by molar-refractivity contribution is -0.122. The molecule has 1 aliphatic carbocycles. The Labute approximate surface area is 140 Å². The van der Waals surface area contributed by atoms with Crippen molar-refractivity contribution in [2.45, 2.75) is 18.9 Å². The molecule has 1 aromatic carbocycles. The van der Waals surface area contributed by atoms with E-state index in [-0.39, 0.29) is 5.91 Å². The third kappa shape index (κ3) is 3.53. The summed E-state index contributed by atoms with van der Waals surface area (Å²) in [6.07, 6.45) is 2.28. The van der Waals surface area contributed by atoms with E-state index in [1.807, 2.05) is 12.1 Å². The fourth-order valence-corrected chi connectivity index (χ4v) is 2.97. The minimum absolute atomic E-state index is 0.162. The van der Waals surface area contributed by atoms with Gasteiger partial charge in [-0.15, -0.1) is 10.2 Å². The van der Waals surface area contributed by atoms with Gasteiger partial charge in [0.1, 0.15) is 0 Å². The molecule has 0 atom stereocenters. The van der Waals surface area contributed by atoms with Crippen molar-refractivity contribution in [2.24, 2.45) is 0 Å². The van der Waals surface area contributed by atoms with Gasteiger partial charge in [-0.3, -0.25) is 9.69 Å². The number of rotatable bonds is 5. The number of anilines is 1. The summed E-state index contributed by atoms with van der Waals surface area (Å²) in [6.45, 7) is 4.19. The van der Waals surface area contributed by atoms with Gasteiger partial charge in [-0.2, -0.15) is 5.21 Å². The van der Waals surface area contributed by atoms with Gasteiger partial charge in [0, 0.05) is 43.5 Å². The lowest BCUT2D eigenvalue weighted by Gasteiger charge is -2.35. The first kappa shape index (κ1) is 15.1. The summed E-state index contributed by atoms with van der Waals surface area (Å²) in [5.74, 6) is 0.767. The number of piperazine rings is 1. The maximum Gasteiger partial charge on any atom is 0.234 e. The van der Waals surface area contributed by atoms with Crippen LogP contribution in [-0.2, 0) is 4.79 Å². The molecule has 8 heteroatoms. The Morgan fingerprint density at radius 2 is 1.92 bits per heavy atom. The average molecular weight is 327 g/mol. The highest BCUT2D eigenvalue weighted by molar-refractivity contribution is 5.78. The number of tetrazole rings is 1. The number of hydrogen-bond donors (Lipinski definition) is 2. The Morgan fingerprint density at radius 1 is 1.17 bits per heavy atom. The second kappa shape index (κ2) is 6.56. The summed E-state index contributed by atoms with van der Waals surface area (Å²) in [5, 5.41) is 17.1. The van der Waals surface area contributed by atoms with Gasteiger partial charge in [0.25, 0.3) is 0 Å². The number of hydrogen-bond acceptors (Lipinski definition) is 6.